The molecule has 138 valence electrons. The smallest absolute Gasteiger partial charge is 0.246 e. The number of ether oxygens (including phenoxy) is 1. The van der Waals surface area contributed by atoms with Crippen LogP contribution in [0.1, 0.15) is 32.6 Å². The number of sulfonamides is 1. The van der Waals surface area contributed by atoms with Crippen LogP contribution >= 0.6 is 11.6 Å². The van der Waals surface area contributed by atoms with Gasteiger partial charge in [-0.05, 0) is 50.8 Å². The summed E-state index contributed by atoms with van der Waals surface area (Å²) in [6, 6.07) is 4.86. The zero-order chi connectivity index (χ0) is 18.0. The molecule has 6 nitrogen and oxygen atoms in total. The van der Waals surface area contributed by atoms with E-state index in [1.807, 2.05) is 0 Å². The van der Waals surface area contributed by atoms with Gasteiger partial charge in [0.05, 0.1) is 12.5 Å². The zero-order valence-corrected chi connectivity index (χ0v) is 15.8. The average Bonchev–Trinajstić information content (AvgIpc) is 3.40. The van der Waals surface area contributed by atoms with Crippen molar-refractivity contribution in [3.8, 4) is 5.75 Å². The number of carbonyl (C=O) groups excluding carboxylic acids is 1. The third-order valence-electron chi connectivity index (χ3n) is 4.50. The normalized spacial score (nSPS) is 21.8. The van der Waals surface area contributed by atoms with Gasteiger partial charge >= 0.3 is 0 Å². The molecule has 1 aliphatic heterocycles. The fourth-order valence-corrected chi connectivity index (χ4v) is 4.94. The number of rotatable bonds is 6. The fourth-order valence-electron chi connectivity index (χ4n) is 3.02. The summed E-state index contributed by atoms with van der Waals surface area (Å²) in [6.07, 6.45) is 3.40. The number of piperidine rings is 1. The van der Waals surface area contributed by atoms with Gasteiger partial charge in [0.15, 0.2) is 0 Å². The number of nitrogens with zero attached hydrogens (tertiary/aromatic N) is 1. The maximum absolute atomic E-state index is 13.1. The van der Waals surface area contributed by atoms with Gasteiger partial charge in [0.1, 0.15) is 10.6 Å². The van der Waals surface area contributed by atoms with E-state index in [1.165, 1.54) is 10.4 Å². The summed E-state index contributed by atoms with van der Waals surface area (Å²) in [4.78, 5) is 12.4. The Morgan fingerprint density at radius 2 is 2.12 bits per heavy atom. The van der Waals surface area contributed by atoms with Gasteiger partial charge in [0, 0.05) is 24.2 Å². The Morgan fingerprint density at radius 3 is 2.80 bits per heavy atom. The molecule has 1 heterocycles. The number of benzene rings is 1. The largest absolute Gasteiger partial charge is 0.492 e. The maximum Gasteiger partial charge on any atom is 0.246 e. The van der Waals surface area contributed by atoms with Crippen LogP contribution in [0, 0.1) is 5.92 Å². The van der Waals surface area contributed by atoms with E-state index in [1.54, 1.807) is 19.1 Å². The Bertz CT molecular complexity index is 749. The monoisotopic (exact) mass is 386 g/mol. The molecule has 1 amide bonds. The third kappa shape index (κ3) is 4.27. The van der Waals surface area contributed by atoms with E-state index < -0.39 is 10.0 Å². The topological polar surface area (TPSA) is 75.7 Å². The molecule has 2 aliphatic rings. The Labute approximate surface area is 153 Å². The summed E-state index contributed by atoms with van der Waals surface area (Å²) in [5, 5.41) is 3.31. The molecular formula is C17H23ClN2O4S. The molecule has 0 aromatic heterocycles. The second-order valence-corrected chi connectivity index (χ2v) is 8.85. The molecule has 2 fully saturated rings. The number of hydrogen-bond donors (Lipinski definition) is 1. The first-order chi connectivity index (χ1) is 11.9. The van der Waals surface area contributed by atoms with Crippen molar-refractivity contribution >= 4 is 27.5 Å². The van der Waals surface area contributed by atoms with Crippen LogP contribution in [-0.2, 0) is 14.8 Å². The predicted octanol–water partition coefficient (Wildman–Crippen LogP) is 2.42. The average molecular weight is 387 g/mol. The van der Waals surface area contributed by atoms with E-state index >= 15 is 0 Å². The van der Waals surface area contributed by atoms with E-state index in [0.29, 0.717) is 31.0 Å². The van der Waals surface area contributed by atoms with Crippen molar-refractivity contribution in [1.29, 1.82) is 0 Å². The van der Waals surface area contributed by atoms with Gasteiger partial charge in [-0.2, -0.15) is 4.31 Å². The SMILES string of the molecule is CCOc1ccc(Cl)cc1S(=O)(=O)N1CCC[C@H](C(=O)NC2CC2)C1. The Morgan fingerprint density at radius 1 is 1.36 bits per heavy atom. The number of carbonyl (C=O) groups is 1. The van der Waals surface area contributed by atoms with Crippen LogP contribution in [0.2, 0.25) is 5.02 Å². The summed E-state index contributed by atoms with van der Waals surface area (Å²) in [6.45, 7) is 2.74. The highest BCUT2D eigenvalue weighted by Crippen LogP contribution is 2.32. The van der Waals surface area contributed by atoms with Gasteiger partial charge in [-0.1, -0.05) is 11.6 Å². The number of hydrogen-bond acceptors (Lipinski definition) is 4. The molecule has 1 aromatic rings. The van der Waals surface area contributed by atoms with Crippen molar-refractivity contribution in [2.24, 2.45) is 5.92 Å². The third-order valence-corrected chi connectivity index (χ3v) is 6.62. The van der Waals surface area contributed by atoms with Crippen LogP contribution in [0.15, 0.2) is 23.1 Å². The summed E-state index contributed by atoms with van der Waals surface area (Å²) < 4.78 is 33.0. The quantitative estimate of drug-likeness (QED) is 0.814. The zero-order valence-electron chi connectivity index (χ0n) is 14.2. The molecule has 8 heteroatoms. The van der Waals surface area contributed by atoms with E-state index in [2.05, 4.69) is 5.32 Å². The van der Waals surface area contributed by atoms with Crippen molar-refractivity contribution in [3.05, 3.63) is 23.2 Å². The van der Waals surface area contributed by atoms with Crippen molar-refractivity contribution in [3.63, 3.8) is 0 Å². The molecule has 1 aromatic carbocycles. The highest BCUT2D eigenvalue weighted by atomic mass is 35.5. The van der Waals surface area contributed by atoms with Gasteiger partial charge in [0.25, 0.3) is 0 Å². The highest BCUT2D eigenvalue weighted by molar-refractivity contribution is 7.89. The van der Waals surface area contributed by atoms with Gasteiger partial charge in [-0.3, -0.25) is 4.79 Å². The van der Waals surface area contributed by atoms with E-state index in [4.69, 9.17) is 16.3 Å². The van der Waals surface area contributed by atoms with Crippen LogP contribution in [0.25, 0.3) is 0 Å². The molecule has 1 saturated heterocycles. The van der Waals surface area contributed by atoms with Crippen LogP contribution in [0.4, 0.5) is 0 Å². The molecule has 0 spiro atoms. The number of amides is 1. The fraction of sp³-hybridized carbons (Fsp3) is 0.588. The van der Waals surface area contributed by atoms with Crippen LogP contribution < -0.4 is 10.1 Å². The van der Waals surface area contributed by atoms with Gasteiger partial charge in [0.2, 0.25) is 15.9 Å². The molecule has 3 rings (SSSR count). The minimum Gasteiger partial charge on any atom is -0.492 e. The second-order valence-electron chi connectivity index (χ2n) is 6.51. The first-order valence-electron chi connectivity index (χ1n) is 8.64. The van der Waals surface area contributed by atoms with Gasteiger partial charge in [-0.25, -0.2) is 8.42 Å². The molecule has 25 heavy (non-hydrogen) atoms. The minimum absolute atomic E-state index is 0.0430. The standard InChI is InChI=1S/C17H23ClN2O4S/c1-2-24-15-8-5-13(18)10-16(15)25(22,23)20-9-3-4-12(11-20)17(21)19-14-6-7-14/h5,8,10,12,14H,2-4,6-7,9,11H2,1H3,(H,19,21)/t12-/m0/s1. The lowest BCUT2D eigenvalue weighted by Crippen LogP contribution is -2.45. The first-order valence-corrected chi connectivity index (χ1v) is 10.5. The molecule has 0 unspecified atom stereocenters. The first kappa shape index (κ1) is 18.5. The molecular weight excluding hydrogens is 364 g/mol. The molecule has 1 N–H and O–H groups in total. The molecule has 1 aliphatic carbocycles. The van der Waals surface area contributed by atoms with E-state index in [0.717, 1.165) is 12.8 Å². The van der Waals surface area contributed by atoms with E-state index in [9.17, 15) is 13.2 Å². The second kappa shape index (κ2) is 7.51. The van der Waals surface area contributed by atoms with Gasteiger partial charge < -0.3 is 10.1 Å². The van der Waals surface area contributed by atoms with Crippen molar-refractivity contribution in [2.75, 3.05) is 19.7 Å². The van der Waals surface area contributed by atoms with Crippen molar-refractivity contribution < 1.29 is 17.9 Å². The lowest BCUT2D eigenvalue weighted by molar-refractivity contribution is -0.126. The Balaban J connectivity index is 1.81. The van der Waals surface area contributed by atoms with Crippen molar-refractivity contribution in [1.82, 2.24) is 9.62 Å². The Hall–Kier alpha value is -1.31. The summed E-state index contributed by atoms with van der Waals surface area (Å²) in [5.41, 5.74) is 0. The Kier molecular flexibility index (Phi) is 5.55. The van der Waals surface area contributed by atoms with Crippen LogP contribution in [0.5, 0.6) is 5.75 Å². The minimum atomic E-state index is -3.77. The lowest BCUT2D eigenvalue weighted by atomic mass is 9.99. The summed E-state index contributed by atoms with van der Waals surface area (Å²) >= 11 is 6.00. The predicted molar refractivity (Wildman–Crippen MR) is 95.3 cm³/mol. The summed E-state index contributed by atoms with van der Waals surface area (Å²) in [5.74, 6) is -0.0613. The summed E-state index contributed by atoms with van der Waals surface area (Å²) in [7, 11) is -3.77. The van der Waals surface area contributed by atoms with E-state index in [-0.39, 0.29) is 35.1 Å². The molecule has 1 saturated carbocycles. The maximum atomic E-state index is 13.1. The lowest BCUT2D eigenvalue weighted by Gasteiger charge is -2.31. The molecule has 0 bridgehead atoms. The molecule has 1 atom stereocenters. The van der Waals surface area contributed by atoms with Crippen LogP contribution in [-0.4, -0.2) is 44.4 Å². The number of nitrogens with one attached hydrogen (secondary N) is 1. The number of halogens is 1. The van der Waals surface area contributed by atoms with Crippen LogP contribution in [0.3, 0.4) is 0 Å². The van der Waals surface area contributed by atoms with Crippen molar-refractivity contribution in [2.45, 2.75) is 43.5 Å². The molecule has 0 radical (unpaired) electrons. The highest BCUT2D eigenvalue weighted by Gasteiger charge is 2.36. The van der Waals surface area contributed by atoms with Gasteiger partial charge in [-0.15, -0.1) is 0 Å².